The Balaban J connectivity index is 2.25. The van der Waals surface area contributed by atoms with Gasteiger partial charge in [-0.1, -0.05) is 42.5 Å². The molecule has 0 radical (unpaired) electrons. The van der Waals surface area contributed by atoms with Gasteiger partial charge in [0.2, 0.25) is 0 Å². The number of hydrogen-bond donors (Lipinski definition) is 0. The van der Waals surface area contributed by atoms with E-state index in [-0.39, 0.29) is 5.97 Å². The second kappa shape index (κ2) is 5.97. The molecule has 0 unspecified atom stereocenters. The van der Waals surface area contributed by atoms with Crippen LogP contribution in [0.15, 0.2) is 36.4 Å². The van der Waals surface area contributed by atoms with Crippen molar-refractivity contribution in [3.8, 4) is 0 Å². The molecule has 0 N–H and O–H groups in total. The number of ether oxygens (including phenoxy) is 1. The molecular weight excluding hydrogens is 176 g/mol. The SMILES string of the molecule is CC(=O)OCCC=Cc1ccccc1. The van der Waals surface area contributed by atoms with Gasteiger partial charge in [-0.25, -0.2) is 0 Å². The van der Waals surface area contributed by atoms with Gasteiger partial charge in [-0.15, -0.1) is 0 Å². The molecule has 74 valence electrons. The third-order valence-corrected chi connectivity index (χ3v) is 1.70. The minimum absolute atomic E-state index is 0.224. The quantitative estimate of drug-likeness (QED) is 0.539. The Morgan fingerprint density at radius 2 is 2.07 bits per heavy atom. The average molecular weight is 190 g/mol. The molecule has 0 spiro atoms. The number of benzene rings is 1. The summed E-state index contributed by atoms with van der Waals surface area (Å²) in [5, 5.41) is 0. The van der Waals surface area contributed by atoms with Crippen LogP contribution in [0, 0.1) is 0 Å². The molecule has 2 heteroatoms. The van der Waals surface area contributed by atoms with E-state index in [1.54, 1.807) is 0 Å². The first kappa shape index (κ1) is 10.5. The summed E-state index contributed by atoms with van der Waals surface area (Å²) in [5.41, 5.74) is 1.16. The third kappa shape index (κ3) is 4.45. The van der Waals surface area contributed by atoms with Crippen LogP contribution in [0.25, 0.3) is 6.08 Å². The molecule has 0 heterocycles. The number of carbonyl (C=O) groups excluding carboxylic acids is 1. The van der Waals surface area contributed by atoms with E-state index >= 15 is 0 Å². The van der Waals surface area contributed by atoms with E-state index in [4.69, 9.17) is 4.74 Å². The summed E-state index contributed by atoms with van der Waals surface area (Å²) >= 11 is 0. The van der Waals surface area contributed by atoms with Crippen molar-refractivity contribution in [1.29, 1.82) is 0 Å². The fraction of sp³-hybridized carbons (Fsp3) is 0.250. The van der Waals surface area contributed by atoms with Crippen LogP contribution in [0.1, 0.15) is 18.9 Å². The monoisotopic (exact) mass is 190 g/mol. The smallest absolute Gasteiger partial charge is 0.302 e. The van der Waals surface area contributed by atoms with Gasteiger partial charge in [0, 0.05) is 6.92 Å². The minimum atomic E-state index is -0.224. The van der Waals surface area contributed by atoms with E-state index < -0.39 is 0 Å². The lowest BCUT2D eigenvalue weighted by Gasteiger charge is -1.96. The van der Waals surface area contributed by atoms with Crippen molar-refractivity contribution in [2.24, 2.45) is 0 Å². The van der Waals surface area contributed by atoms with Crippen molar-refractivity contribution < 1.29 is 9.53 Å². The van der Waals surface area contributed by atoms with E-state index in [1.165, 1.54) is 6.92 Å². The van der Waals surface area contributed by atoms with Crippen molar-refractivity contribution >= 4 is 12.0 Å². The van der Waals surface area contributed by atoms with Crippen molar-refractivity contribution in [1.82, 2.24) is 0 Å². The fourth-order valence-corrected chi connectivity index (χ4v) is 1.05. The number of rotatable bonds is 4. The predicted molar refractivity (Wildman–Crippen MR) is 56.7 cm³/mol. The molecule has 0 saturated carbocycles. The van der Waals surface area contributed by atoms with Crippen LogP contribution in [-0.4, -0.2) is 12.6 Å². The molecule has 0 saturated heterocycles. The van der Waals surface area contributed by atoms with Crippen LogP contribution in [-0.2, 0) is 9.53 Å². The maximum Gasteiger partial charge on any atom is 0.302 e. The van der Waals surface area contributed by atoms with Gasteiger partial charge in [-0.3, -0.25) is 4.79 Å². The topological polar surface area (TPSA) is 26.3 Å². The Hall–Kier alpha value is -1.57. The zero-order valence-corrected chi connectivity index (χ0v) is 8.27. The van der Waals surface area contributed by atoms with E-state index in [1.807, 2.05) is 42.5 Å². The van der Waals surface area contributed by atoms with E-state index in [0.29, 0.717) is 6.61 Å². The zero-order valence-electron chi connectivity index (χ0n) is 8.27. The summed E-state index contributed by atoms with van der Waals surface area (Å²) in [6.07, 6.45) is 4.77. The Bertz CT molecular complexity index is 301. The third-order valence-electron chi connectivity index (χ3n) is 1.70. The summed E-state index contributed by atoms with van der Waals surface area (Å²) < 4.78 is 4.79. The first-order chi connectivity index (χ1) is 6.79. The Kier molecular flexibility index (Phi) is 4.48. The van der Waals surface area contributed by atoms with Crippen LogP contribution >= 0.6 is 0 Å². The molecule has 0 fully saturated rings. The van der Waals surface area contributed by atoms with Gasteiger partial charge in [-0.2, -0.15) is 0 Å². The highest BCUT2D eigenvalue weighted by Crippen LogP contribution is 2.01. The van der Waals surface area contributed by atoms with E-state index in [2.05, 4.69) is 0 Å². The second-order valence-electron chi connectivity index (χ2n) is 2.94. The number of esters is 1. The molecule has 14 heavy (non-hydrogen) atoms. The summed E-state index contributed by atoms with van der Waals surface area (Å²) in [5.74, 6) is -0.224. The molecular formula is C12H14O2. The molecule has 1 aromatic carbocycles. The molecule has 0 aromatic heterocycles. The molecule has 1 rings (SSSR count). The summed E-state index contributed by atoms with van der Waals surface area (Å²) in [4.78, 5) is 10.4. The van der Waals surface area contributed by atoms with Crippen LogP contribution in [0.4, 0.5) is 0 Å². The van der Waals surface area contributed by atoms with Gasteiger partial charge in [-0.05, 0) is 12.0 Å². The maximum absolute atomic E-state index is 10.4. The van der Waals surface area contributed by atoms with Gasteiger partial charge in [0.15, 0.2) is 0 Å². The number of hydrogen-bond acceptors (Lipinski definition) is 2. The molecule has 0 aliphatic rings. The minimum Gasteiger partial charge on any atom is -0.466 e. The van der Waals surface area contributed by atoms with Gasteiger partial charge < -0.3 is 4.74 Å². The van der Waals surface area contributed by atoms with Gasteiger partial charge >= 0.3 is 5.97 Å². The van der Waals surface area contributed by atoms with Crippen molar-refractivity contribution in [2.45, 2.75) is 13.3 Å². The normalized spacial score (nSPS) is 10.4. The lowest BCUT2D eigenvalue weighted by molar-refractivity contribution is -0.140. The highest BCUT2D eigenvalue weighted by atomic mass is 16.5. The highest BCUT2D eigenvalue weighted by molar-refractivity contribution is 5.65. The lowest BCUT2D eigenvalue weighted by atomic mass is 10.2. The van der Waals surface area contributed by atoms with Crippen LogP contribution < -0.4 is 0 Å². The van der Waals surface area contributed by atoms with Crippen LogP contribution in [0.3, 0.4) is 0 Å². The predicted octanol–water partition coefficient (Wildman–Crippen LogP) is 2.65. The second-order valence-corrected chi connectivity index (χ2v) is 2.94. The zero-order chi connectivity index (χ0) is 10.2. The van der Waals surface area contributed by atoms with Gasteiger partial charge in [0.25, 0.3) is 0 Å². The summed E-state index contributed by atoms with van der Waals surface area (Å²) in [7, 11) is 0. The maximum atomic E-state index is 10.4. The Labute approximate surface area is 84.2 Å². The van der Waals surface area contributed by atoms with Crippen LogP contribution in [0.5, 0.6) is 0 Å². The Morgan fingerprint density at radius 1 is 1.36 bits per heavy atom. The van der Waals surface area contributed by atoms with Gasteiger partial charge in [0.05, 0.1) is 6.61 Å². The van der Waals surface area contributed by atoms with Gasteiger partial charge in [0.1, 0.15) is 0 Å². The molecule has 2 nitrogen and oxygen atoms in total. The van der Waals surface area contributed by atoms with Crippen molar-refractivity contribution in [3.05, 3.63) is 42.0 Å². The molecule has 0 amide bonds. The number of carbonyl (C=O) groups is 1. The molecule has 0 aliphatic carbocycles. The average Bonchev–Trinajstić information content (AvgIpc) is 2.18. The molecule has 0 atom stereocenters. The van der Waals surface area contributed by atoms with E-state index in [9.17, 15) is 4.79 Å². The fourth-order valence-electron chi connectivity index (χ4n) is 1.05. The summed E-state index contributed by atoms with van der Waals surface area (Å²) in [6.45, 7) is 1.87. The first-order valence-corrected chi connectivity index (χ1v) is 4.64. The Morgan fingerprint density at radius 3 is 2.71 bits per heavy atom. The highest BCUT2D eigenvalue weighted by Gasteiger charge is 1.88. The van der Waals surface area contributed by atoms with E-state index in [0.717, 1.165) is 12.0 Å². The summed E-state index contributed by atoms with van der Waals surface area (Å²) in [6, 6.07) is 10.0. The molecule has 0 bridgehead atoms. The van der Waals surface area contributed by atoms with Crippen molar-refractivity contribution in [3.63, 3.8) is 0 Å². The molecule has 0 aliphatic heterocycles. The van der Waals surface area contributed by atoms with Crippen molar-refractivity contribution in [2.75, 3.05) is 6.61 Å². The van der Waals surface area contributed by atoms with Crippen LogP contribution in [0.2, 0.25) is 0 Å². The lowest BCUT2D eigenvalue weighted by Crippen LogP contribution is -1.98. The molecule has 1 aromatic rings. The largest absolute Gasteiger partial charge is 0.466 e. The standard InChI is InChI=1S/C12H14O2/c1-11(13)14-10-6-5-9-12-7-3-2-4-8-12/h2-5,7-9H,6,10H2,1H3. The first-order valence-electron chi connectivity index (χ1n) is 4.64.